The Hall–Kier alpha value is -1.16. The molecule has 3 heteroatoms. The first-order valence-corrected chi connectivity index (χ1v) is 5.80. The summed E-state index contributed by atoms with van der Waals surface area (Å²) in [4.78, 5) is 0. The maximum absolute atomic E-state index is 5.60. The Bertz CT molecular complexity index is 423. The third-order valence-corrected chi connectivity index (χ3v) is 3.12. The summed E-state index contributed by atoms with van der Waals surface area (Å²) in [7, 11) is 0. The van der Waals surface area contributed by atoms with Crippen molar-refractivity contribution in [3.8, 4) is 0 Å². The molecule has 78 valence electrons. The van der Waals surface area contributed by atoms with Crippen LogP contribution in [0.5, 0.6) is 0 Å². The van der Waals surface area contributed by atoms with Crippen molar-refractivity contribution in [3.63, 3.8) is 0 Å². The van der Waals surface area contributed by atoms with Gasteiger partial charge in [-0.05, 0) is 34.9 Å². The first kappa shape index (κ1) is 10.4. The molecule has 1 aromatic carbocycles. The molecule has 0 amide bonds. The fourth-order valence-electron chi connectivity index (χ4n) is 1.67. The van der Waals surface area contributed by atoms with E-state index >= 15 is 0 Å². The summed E-state index contributed by atoms with van der Waals surface area (Å²) in [5.41, 5.74) is 6.53. The summed E-state index contributed by atoms with van der Waals surface area (Å²) in [5, 5.41) is 4.18. The Labute approximate surface area is 93.7 Å². The number of nitrogens with two attached hydrogens (primary N) is 1. The molecular formula is C12H14N2S. The maximum atomic E-state index is 5.60. The average Bonchev–Trinajstić information content (AvgIpc) is 2.72. The van der Waals surface area contributed by atoms with Crippen LogP contribution in [0.25, 0.3) is 0 Å². The first-order valence-electron chi connectivity index (χ1n) is 4.86. The molecule has 3 N–H and O–H groups in total. The number of hydrogen-bond donors (Lipinski definition) is 2. The third-order valence-electron chi connectivity index (χ3n) is 2.42. The van der Waals surface area contributed by atoms with E-state index in [0.717, 1.165) is 0 Å². The molecule has 1 heterocycles. The lowest BCUT2D eigenvalue weighted by Crippen LogP contribution is -2.28. The fourth-order valence-corrected chi connectivity index (χ4v) is 2.36. The minimum Gasteiger partial charge on any atom is -0.271 e. The number of thiophene rings is 1. The number of nitrogens with one attached hydrogen (secondary N) is 1. The highest BCUT2D eigenvalue weighted by atomic mass is 32.1. The van der Waals surface area contributed by atoms with Crippen LogP contribution in [-0.4, -0.2) is 0 Å². The number of benzene rings is 1. The summed E-state index contributed by atoms with van der Waals surface area (Å²) < 4.78 is 0. The quantitative estimate of drug-likeness (QED) is 0.614. The maximum Gasteiger partial charge on any atom is 0.0718 e. The number of aryl methyl sites for hydroxylation is 1. The van der Waals surface area contributed by atoms with Crippen LogP contribution < -0.4 is 11.3 Å². The third kappa shape index (κ3) is 2.26. The van der Waals surface area contributed by atoms with Crippen molar-refractivity contribution in [2.24, 2.45) is 5.84 Å². The van der Waals surface area contributed by atoms with E-state index in [1.807, 2.05) is 0 Å². The van der Waals surface area contributed by atoms with E-state index < -0.39 is 0 Å². The van der Waals surface area contributed by atoms with Crippen LogP contribution in [0.1, 0.15) is 22.7 Å². The molecule has 0 fully saturated rings. The van der Waals surface area contributed by atoms with Gasteiger partial charge in [0, 0.05) is 0 Å². The molecule has 2 aromatic rings. The lowest BCUT2D eigenvalue weighted by atomic mass is 10.0. The van der Waals surface area contributed by atoms with Gasteiger partial charge in [-0.15, -0.1) is 0 Å². The number of hydrazine groups is 1. The van der Waals surface area contributed by atoms with Crippen molar-refractivity contribution in [2.75, 3.05) is 0 Å². The van der Waals surface area contributed by atoms with Crippen molar-refractivity contribution >= 4 is 11.3 Å². The molecule has 2 nitrogen and oxygen atoms in total. The normalized spacial score (nSPS) is 12.7. The molecule has 0 radical (unpaired) electrons. The SMILES string of the molecule is Cc1cccc(C(NN)c2ccsc2)c1. The van der Waals surface area contributed by atoms with Crippen LogP contribution in [0, 0.1) is 6.92 Å². The Morgan fingerprint density at radius 2 is 2.13 bits per heavy atom. The molecule has 0 aliphatic heterocycles. The van der Waals surface area contributed by atoms with Gasteiger partial charge in [0.25, 0.3) is 0 Å². The minimum absolute atomic E-state index is 0.0937. The minimum atomic E-state index is 0.0937. The van der Waals surface area contributed by atoms with Crippen molar-refractivity contribution in [2.45, 2.75) is 13.0 Å². The highest BCUT2D eigenvalue weighted by Gasteiger charge is 2.12. The van der Waals surface area contributed by atoms with Gasteiger partial charge in [0.05, 0.1) is 6.04 Å². The number of rotatable bonds is 3. The van der Waals surface area contributed by atoms with E-state index in [1.54, 1.807) is 11.3 Å². The van der Waals surface area contributed by atoms with Gasteiger partial charge in [-0.1, -0.05) is 29.8 Å². The summed E-state index contributed by atoms with van der Waals surface area (Å²) in [6.07, 6.45) is 0. The van der Waals surface area contributed by atoms with E-state index in [4.69, 9.17) is 5.84 Å². The second kappa shape index (κ2) is 4.57. The van der Waals surface area contributed by atoms with E-state index in [1.165, 1.54) is 16.7 Å². The molecule has 0 saturated heterocycles. The Morgan fingerprint density at radius 3 is 2.73 bits per heavy atom. The molecule has 1 aromatic heterocycles. The van der Waals surface area contributed by atoms with E-state index in [0.29, 0.717) is 0 Å². The smallest absolute Gasteiger partial charge is 0.0718 e. The fraction of sp³-hybridized carbons (Fsp3) is 0.167. The second-order valence-electron chi connectivity index (χ2n) is 3.57. The van der Waals surface area contributed by atoms with Crippen LogP contribution in [0.4, 0.5) is 0 Å². The lowest BCUT2D eigenvalue weighted by Gasteiger charge is -2.15. The zero-order valence-electron chi connectivity index (χ0n) is 8.60. The Balaban J connectivity index is 2.35. The molecule has 0 spiro atoms. The van der Waals surface area contributed by atoms with E-state index in [9.17, 15) is 0 Å². The Kier molecular flexibility index (Phi) is 3.16. The monoisotopic (exact) mass is 218 g/mol. The van der Waals surface area contributed by atoms with Crippen LogP contribution in [0.2, 0.25) is 0 Å². The van der Waals surface area contributed by atoms with Crippen LogP contribution in [0.15, 0.2) is 41.1 Å². The van der Waals surface area contributed by atoms with Crippen molar-refractivity contribution < 1.29 is 0 Å². The predicted molar refractivity (Wildman–Crippen MR) is 64.7 cm³/mol. The van der Waals surface area contributed by atoms with Crippen molar-refractivity contribution in [1.29, 1.82) is 0 Å². The number of hydrogen-bond acceptors (Lipinski definition) is 3. The molecule has 1 unspecified atom stereocenters. The topological polar surface area (TPSA) is 38.0 Å². The van der Waals surface area contributed by atoms with Gasteiger partial charge in [-0.2, -0.15) is 11.3 Å². The van der Waals surface area contributed by atoms with Crippen LogP contribution in [0.3, 0.4) is 0 Å². The van der Waals surface area contributed by atoms with Gasteiger partial charge in [-0.3, -0.25) is 5.84 Å². The van der Waals surface area contributed by atoms with Crippen LogP contribution >= 0.6 is 11.3 Å². The highest BCUT2D eigenvalue weighted by Crippen LogP contribution is 2.23. The lowest BCUT2D eigenvalue weighted by molar-refractivity contribution is 0.638. The average molecular weight is 218 g/mol. The summed E-state index contributed by atoms with van der Waals surface area (Å²) in [6.45, 7) is 2.09. The van der Waals surface area contributed by atoms with Crippen LogP contribution in [-0.2, 0) is 0 Å². The molecule has 1 atom stereocenters. The second-order valence-corrected chi connectivity index (χ2v) is 4.35. The summed E-state index contributed by atoms with van der Waals surface area (Å²) >= 11 is 1.69. The van der Waals surface area contributed by atoms with Gasteiger partial charge < -0.3 is 0 Å². The molecule has 0 aliphatic rings. The van der Waals surface area contributed by atoms with Gasteiger partial charge in [0.1, 0.15) is 0 Å². The molecule has 0 bridgehead atoms. The zero-order chi connectivity index (χ0) is 10.7. The molecule has 2 rings (SSSR count). The summed E-state index contributed by atoms with van der Waals surface area (Å²) in [5.74, 6) is 5.60. The molecule has 0 saturated carbocycles. The molecular weight excluding hydrogens is 204 g/mol. The highest BCUT2D eigenvalue weighted by molar-refractivity contribution is 7.08. The molecule has 15 heavy (non-hydrogen) atoms. The van der Waals surface area contributed by atoms with E-state index in [2.05, 4.69) is 53.4 Å². The zero-order valence-corrected chi connectivity index (χ0v) is 9.42. The first-order chi connectivity index (χ1) is 7.31. The van der Waals surface area contributed by atoms with Gasteiger partial charge in [-0.25, -0.2) is 5.43 Å². The summed E-state index contributed by atoms with van der Waals surface area (Å²) in [6, 6.07) is 10.6. The Morgan fingerprint density at radius 1 is 1.27 bits per heavy atom. The molecule has 0 aliphatic carbocycles. The largest absolute Gasteiger partial charge is 0.271 e. The van der Waals surface area contributed by atoms with E-state index in [-0.39, 0.29) is 6.04 Å². The van der Waals surface area contributed by atoms with Gasteiger partial charge in [0.15, 0.2) is 0 Å². The predicted octanol–water partition coefficient (Wildman–Crippen LogP) is 2.61. The van der Waals surface area contributed by atoms with Gasteiger partial charge in [0.2, 0.25) is 0 Å². The van der Waals surface area contributed by atoms with Gasteiger partial charge >= 0.3 is 0 Å². The standard InChI is InChI=1S/C12H14N2S/c1-9-3-2-4-10(7-9)12(14-13)11-5-6-15-8-11/h2-8,12,14H,13H2,1H3. The van der Waals surface area contributed by atoms with Crippen molar-refractivity contribution in [1.82, 2.24) is 5.43 Å². The van der Waals surface area contributed by atoms with Crippen molar-refractivity contribution in [3.05, 3.63) is 57.8 Å².